The van der Waals surface area contributed by atoms with Crippen LogP contribution in [0.25, 0.3) is 0 Å². The SMILES string of the molecule is CC(c1cccnc1)N1CCC2NCCC2C1. The van der Waals surface area contributed by atoms with Crippen molar-refractivity contribution in [3.05, 3.63) is 30.1 Å². The molecule has 0 radical (unpaired) electrons. The average molecular weight is 231 g/mol. The Morgan fingerprint density at radius 1 is 1.47 bits per heavy atom. The number of hydrogen-bond donors (Lipinski definition) is 1. The smallest absolute Gasteiger partial charge is 0.0335 e. The van der Waals surface area contributed by atoms with E-state index < -0.39 is 0 Å². The number of piperidine rings is 1. The molecule has 0 spiro atoms. The minimum absolute atomic E-state index is 0.505. The standard InChI is InChI=1S/C14H21N3/c1-11(12-3-2-6-15-9-12)17-8-5-14-13(10-17)4-7-16-14/h2-3,6,9,11,13-14,16H,4-5,7-8,10H2,1H3. The Bertz CT molecular complexity index is 365. The quantitative estimate of drug-likeness (QED) is 0.841. The van der Waals surface area contributed by atoms with Crippen LogP contribution in [-0.4, -0.2) is 35.6 Å². The normalized spacial score (nSPS) is 31.1. The van der Waals surface area contributed by atoms with Crippen molar-refractivity contribution in [1.29, 1.82) is 0 Å². The van der Waals surface area contributed by atoms with Gasteiger partial charge in [-0.05, 0) is 43.9 Å². The van der Waals surface area contributed by atoms with E-state index in [1.54, 1.807) is 0 Å². The molecule has 2 fully saturated rings. The van der Waals surface area contributed by atoms with Crippen molar-refractivity contribution in [2.24, 2.45) is 5.92 Å². The number of nitrogens with zero attached hydrogens (tertiary/aromatic N) is 2. The zero-order chi connectivity index (χ0) is 11.7. The van der Waals surface area contributed by atoms with Crippen molar-refractivity contribution in [3.8, 4) is 0 Å². The third-order valence-electron chi connectivity index (χ3n) is 4.40. The Hall–Kier alpha value is -0.930. The van der Waals surface area contributed by atoms with E-state index in [9.17, 15) is 0 Å². The van der Waals surface area contributed by atoms with Gasteiger partial charge < -0.3 is 5.32 Å². The number of likely N-dealkylation sites (tertiary alicyclic amines) is 1. The molecular formula is C14H21N3. The first-order valence-corrected chi connectivity index (χ1v) is 6.72. The van der Waals surface area contributed by atoms with Crippen molar-refractivity contribution in [2.75, 3.05) is 19.6 Å². The van der Waals surface area contributed by atoms with Crippen LogP contribution in [0.3, 0.4) is 0 Å². The minimum Gasteiger partial charge on any atom is -0.314 e. The molecule has 3 atom stereocenters. The topological polar surface area (TPSA) is 28.2 Å². The van der Waals surface area contributed by atoms with Gasteiger partial charge in [0.25, 0.3) is 0 Å². The average Bonchev–Trinajstić information content (AvgIpc) is 2.86. The van der Waals surface area contributed by atoms with Crippen molar-refractivity contribution in [1.82, 2.24) is 15.2 Å². The lowest BCUT2D eigenvalue weighted by atomic mass is 9.91. The maximum atomic E-state index is 4.23. The first-order chi connectivity index (χ1) is 8.34. The van der Waals surface area contributed by atoms with Gasteiger partial charge in [-0.3, -0.25) is 9.88 Å². The van der Waals surface area contributed by atoms with E-state index in [0.29, 0.717) is 6.04 Å². The van der Waals surface area contributed by atoms with Gasteiger partial charge in [0.2, 0.25) is 0 Å². The van der Waals surface area contributed by atoms with Crippen LogP contribution < -0.4 is 5.32 Å². The van der Waals surface area contributed by atoms with Gasteiger partial charge in [0.15, 0.2) is 0 Å². The lowest BCUT2D eigenvalue weighted by Crippen LogP contribution is -2.45. The molecule has 2 saturated heterocycles. The fourth-order valence-corrected chi connectivity index (χ4v) is 3.26. The van der Waals surface area contributed by atoms with E-state index in [-0.39, 0.29) is 0 Å². The predicted molar refractivity (Wildman–Crippen MR) is 68.7 cm³/mol. The summed E-state index contributed by atoms with van der Waals surface area (Å²) < 4.78 is 0. The van der Waals surface area contributed by atoms with Crippen molar-refractivity contribution in [3.63, 3.8) is 0 Å². The Morgan fingerprint density at radius 3 is 3.24 bits per heavy atom. The summed E-state index contributed by atoms with van der Waals surface area (Å²) in [5.41, 5.74) is 1.34. The molecule has 0 aromatic carbocycles. The van der Waals surface area contributed by atoms with Crippen LogP contribution in [0.2, 0.25) is 0 Å². The van der Waals surface area contributed by atoms with Gasteiger partial charge in [0, 0.05) is 37.6 Å². The zero-order valence-electron chi connectivity index (χ0n) is 10.5. The van der Waals surface area contributed by atoms with Crippen LogP contribution in [0.1, 0.15) is 31.4 Å². The van der Waals surface area contributed by atoms with E-state index in [2.05, 4.69) is 28.2 Å². The van der Waals surface area contributed by atoms with Gasteiger partial charge in [0.05, 0.1) is 0 Å². The van der Waals surface area contributed by atoms with Crippen molar-refractivity contribution < 1.29 is 0 Å². The largest absolute Gasteiger partial charge is 0.314 e. The second-order valence-electron chi connectivity index (χ2n) is 5.36. The molecule has 1 aromatic heterocycles. The number of hydrogen-bond acceptors (Lipinski definition) is 3. The number of pyridine rings is 1. The van der Waals surface area contributed by atoms with E-state index in [1.165, 1.54) is 38.0 Å². The summed E-state index contributed by atoms with van der Waals surface area (Å²) in [5, 5.41) is 3.62. The molecule has 3 unspecified atom stereocenters. The summed E-state index contributed by atoms with van der Waals surface area (Å²) in [5.74, 6) is 0.864. The van der Waals surface area contributed by atoms with Gasteiger partial charge in [0.1, 0.15) is 0 Å². The molecule has 17 heavy (non-hydrogen) atoms. The van der Waals surface area contributed by atoms with Crippen LogP contribution in [0.15, 0.2) is 24.5 Å². The summed E-state index contributed by atoms with van der Waals surface area (Å²) in [6.07, 6.45) is 6.50. The number of rotatable bonds is 2. The highest BCUT2D eigenvalue weighted by Gasteiger charge is 2.34. The first-order valence-electron chi connectivity index (χ1n) is 6.72. The number of fused-ring (bicyclic) bond motifs is 1. The molecule has 0 saturated carbocycles. The molecule has 1 aromatic rings. The highest BCUT2D eigenvalue weighted by Crippen LogP contribution is 2.30. The van der Waals surface area contributed by atoms with Gasteiger partial charge in [-0.1, -0.05) is 6.07 Å². The highest BCUT2D eigenvalue weighted by atomic mass is 15.2. The molecule has 3 heteroatoms. The second kappa shape index (κ2) is 4.75. The third-order valence-corrected chi connectivity index (χ3v) is 4.40. The molecule has 3 nitrogen and oxygen atoms in total. The van der Waals surface area contributed by atoms with Crippen LogP contribution >= 0.6 is 0 Å². The molecule has 0 bridgehead atoms. The maximum Gasteiger partial charge on any atom is 0.0335 e. The van der Waals surface area contributed by atoms with E-state index in [0.717, 1.165) is 12.0 Å². The summed E-state index contributed by atoms with van der Waals surface area (Å²) in [6, 6.07) is 5.52. The summed E-state index contributed by atoms with van der Waals surface area (Å²) >= 11 is 0. The van der Waals surface area contributed by atoms with E-state index in [4.69, 9.17) is 0 Å². The fraction of sp³-hybridized carbons (Fsp3) is 0.643. The van der Waals surface area contributed by atoms with Gasteiger partial charge in [-0.15, -0.1) is 0 Å². The highest BCUT2D eigenvalue weighted by molar-refractivity contribution is 5.13. The first kappa shape index (κ1) is 11.2. The zero-order valence-corrected chi connectivity index (χ0v) is 10.5. The number of aromatic nitrogens is 1. The van der Waals surface area contributed by atoms with Crippen molar-refractivity contribution in [2.45, 2.75) is 31.8 Å². The lowest BCUT2D eigenvalue weighted by Gasteiger charge is -2.38. The lowest BCUT2D eigenvalue weighted by molar-refractivity contribution is 0.122. The Kier molecular flexibility index (Phi) is 3.12. The molecule has 0 aliphatic carbocycles. The molecule has 92 valence electrons. The minimum atomic E-state index is 0.505. The molecule has 3 rings (SSSR count). The van der Waals surface area contributed by atoms with Gasteiger partial charge in [-0.25, -0.2) is 0 Å². The van der Waals surface area contributed by atoms with E-state index in [1.807, 2.05) is 18.5 Å². The summed E-state index contributed by atoms with van der Waals surface area (Å²) in [7, 11) is 0. The molecule has 1 N–H and O–H groups in total. The Morgan fingerprint density at radius 2 is 2.41 bits per heavy atom. The van der Waals surface area contributed by atoms with Gasteiger partial charge >= 0.3 is 0 Å². The molecule has 2 aliphatic heterocycles. The molecule has 2 aliphatic rings. The second-order valence-corrected chi connectivity index (χ2v) is 5.36. The molecule has 3 heterocycles. The fourth-order valence-electron chi connectivity index (χ4n) is 3.26. The summed E-state index contributed by atoms with van der Waals surface area (Å²) in [6.45, 7) is 5.97. The Balaban J connectivity index is 1.69. The van der Waals surface area contributed by atoms with Gasteiger partial charge in [-0.2, -0.15) is 0 Å². The molecular weight excluding hydrogens is 210 g/mol. The van der Waals surface area contributed by atoms with Crippen LogP contribution in [0.4, 0.5) is 0 Å². The van der Waals surface area contributed by atoms with Crippen LogP contribution in [0, 0.1) is 5.92 Å². The Labute approximate surface area is 103 Å². The number of nitrogens with one attached hydrogen (secondary N) is 1. The van der Waals surface area contributed by atoms with Crippen LogP contribution in [0.5, 0.6) is 0 Å². The summed E-state index contributed by atoms with van der Waals surface area (Å²) in [4.78, 5) is 6.84. The van der Waals surface area contributed by atoms with Crippen LogP contribution in [-0.2, 0) is 0 Å². The predicted octanol–water partition coefficient (Wildman–Crippen LogP) is 1.83. The maximum absolute atomic E-state index is 4.23. The molecule has 0 amide bonds. The van der Waals surface area contributed by atoms with E-state index >= 15 is 0 Å². The van der Waals surface area contributed by atoms with Crippen molar-refractivity contribution >= 4 is 0 Å². The monoisotopic (exact) mass is 231 g/mol. The third kappa shape index (κ3) is 2.22.